The van der Waals surface area contributed by atoms with Gasteiger partial charge in [0.2, 0.25) is 5.91 Å². The Morgan fingerprint density at radius 2 is 1.74 bits per heavy atom. The Morgan fingerprint density at radius 1 is 1.13 bits per heavy atom. The summed E-state index contributed by atoms with van der Waals surface area (Å²) >= 11 is 0. The molecule has 0 atom stereocenters. The molecule has 2 heterocycles. The van der Waals surface area contributed by atoms with E-state index in [2.05, 4.69) is 4.98 Å². The first-order valence-corrected chi connectivity index (χ1v) is 7.92. The quantitative estimate of drug-likeness (QED) is 0.836. The summed E-state index contributed by atoms with van der Waals surface area (Å²) in [6, 6.07) is 3.83. The van der Waals surface area contributed by atoms with Crippen LogP contribution in [0.4, 0.5) is 4.79 Å². The number of carbonyl (C=O) groups is 2. The van der Waals surface area contributed by atoms with Crippen LogP contribution in [0.3, 0.4) is 0 Å². The van der Waals surface area contributed by atoms with Crippen LogP contribution in [-0.4, -0.2) is 58.6 Å². The average molecular weight is 319 g/mol. The van der Waals surface area contributed by atoms with Gasteiger partial charge in [-0.05, 0) is 39.3 Å². The largest absolute Gasteiger partial charge is 0.444 e. The molecule has 0 spiro atoms. The Hall–Kier alpha value is -2.11. The average Bonchev–Trinajstić information content (AvgIpc) is 2.48. The zero-order chi connectivity index (χ0) is 17.0. The molecule has 0 N–H and O–H groups in total. The molecule has 1 aliphatic heterocycles. The van der Waals surface area contributed by atoms with Crippen molar-refractivity contribution in [2.24, 2.45) is 0 Å². The summed E-state index contributed by atoms with van der Waals surface area (Å²) < 4.78 is 5.36. The molecule has 1 fully saturated rings. The summed E-state index contributed by atoms with van der Waals surface area (Å²) in [5, 5.41) is 0. The highest BCUT2D eigenvalue weighted by Crippen LogP contribution is 2.12. The first-order valence-electron chi connectivity index (χ1n) is 7.92. The van der Waals surface area contributed by atoms with E-state index in [0.717, 1.165) is 11.3 Å². The molecule has 6 heteroatoms. The van der Waals surface area contributed by atoms with E-state index in [1.165, 1.54) is 0 Å². The van der Waals surface area contributed by atoms with E-state index in [0.29, 0.717) is 32.6 Å². The van der Waals surface area contributed by atoms with Gasteiger partial charge in [-0.3, -0.25) is 9.78 Å². The number of rotatable bonds is 2. The third-order valence-electron chi connectivity index (χ3n) is 3.61. The van der Waals surface area contributed by atoms with Crippen molar-refractivity contribution in [3.05, 3.63) is 29.6 Å². The number of nitrogens with zero attached hydrogens (tertiary/aromatic N) is 3. The van der Waals surface area contributed by atoms with E-state index >= 15 is 0 Å². The van der Waals surface area contributed by atoms with Crippen LogP contribution < -0.4 is 0 Å². The van der Waals surface area contributed by atoms with Crippen molar-refractivity contribution >= 4 is 12.0 Å². The molecule has 0 aliphatic carbocycles. The van der Waals surface area contributed by atoms with E-state index in [9.17, 15) is 9.59 Å². The lowest BCUT2D eigenvalue weighted by atomic mass is 10.1. The van der Waals surface area contributed by atoms with E-state index in [1.54, 1.807) is 16.0 Å². The van der Waals surface area contributed by atoms with Gasteiger partial charge in [-0.15, -0.1) is 0 Å². The molecule has 1 saturated heterocycles. The monoisotopic (exact) mass is 319 g/mol. The van der Waals surface area contributed by atoms with Gasteiger partial charge in [-0.25, -0.2) is 4.79 Å². The van der Waals surface area contributed by atoms with Gasteiger partial charge in [0.05, 0.1) is 6.42 Å². The molecule has 1 aromatic heterocycles. The zero-order valence-corrected chi connectivity index (χ0v) is 14.3. The second-order valence-electron chi connectivity index (χ2n) is 6.83. The summed E-state index contributed by atoms with van der Waals surface area (Å²) in [7, 11) is 0. The van der Waals surface area contributed by atoms with Crippen LogP contribution in [0.5, 0.6) is 0 Å². The molecule has 1 aromatic rings. The standard InChI is InChI=1S/C17H25N3O3/c1-13-5-6-14(12-18-13)11-15(21)19-7-9-20(10-8-19)16(22)23-17(2,3)4/h5-6,12H,7-11H2,1-4H3. The van der Waals surface area contributed by atoms with Crippen LogP contribution in [0.25, 0.3) is 0 Å². The molecule has 6 nitrogen and oxygen atoms in total. The van der Waals surface area contributed by atoms with Gasteiger partial charge in [-0.1, -0.05) is 6.07 Å². The van der Waals surface area contributed by atoms with Gasteiger partial charge in [0.25, 0.3) is 0 Å². The van der Waals surface area contributed by atoms with Crippen molar-refractivity contribution < 1.29 is 14.3 Å². The van der Waals surface area contributed by atoms with Gasteiger partial charge < -0.3 is 14.5 Å². The van der Waals surface area contributed by atoms with Crippen molar-refractivity contribution in [2.45, 2.75) is 39.7 Å². The first kappa shape index (κ1) is 17.2. The summed E-state index contributed by atoms with van der Waals surface area (Å²) in [5.41, 5.74) is 1.35. The SMILES string of the molecule is Cc1ccc(CC(=O)N2CCN(C(=O)OC(C)(C)C)CC2)cn1. The number of piperazine rings is 1. The van der Waals surface area contributed by atoms with Crippen molar-refractivity contribution in [3.63, 3.8) is 0 Å². The molecule has 23 heavy (non-hydrogen) atoms. The maximum atomic E-state index is 12.3. The van der Waals surface area contributed by atoms with Crippen molar-refractivity contribution in [1.82, 2.24) is 14.8 Å². The van der Waals surface area contributed by atoms with Gasteiger partial charge in [-0.2, -0.15) is 0 Å². The topological polar surface area (TPSA) is 62.7 Å². The third kappa shape index (κ3) is 5.23. The predicted molar refractivity (Wildman–Crippen MR) is 87.1 cm³/mol. The second kappa shape index (κ2) is 6.98. The third-order valence-corrected chi connectivity index (χ3v) is 3.61. The maximum absolute atomic E-state index is 12.3. The molecule has 0 bridgehead atoms. The van der Waals surface area contributed by atoms with Crippen LogP contribution in [0.2, 0.25) is 0 Å². The lowest BCUT2D eigenvalue weighted by molar-refractivity contribution is -0.132. The van der Waals surface area contributed by atoms with Crippen LogP contribution in [0.1, 0.15) is 32.0 Å². The minimum atomic E-state index is -0.498. The number of ether oxygens (including phenoxy) is 1. The molecule has 126 valence electrons. The molecular weight excluding hydrogens is 294 g/mol. The molecule has 2 rings (SSSR count). The van der Waals surface area contributed by atoms with Gasteiger partial charge in [0.1, 0.15) is 5.60 Å². The van der Waals surface area contributed by atoms with Crippen LogP contribution >= 0.6 is 0 Å². The number of aryl methyl sites for hydroxylation is 1. The molecular formula is C17H25N3O3. The fourth-order valence-corrected chi connectivity index (χ4v) is 2.35. The normalized spacial score (nSPS) is 15.5. The number of hydrogen-bond acceptors (Lipinski definition) is 4. The lowest BCUT2D eigenvalue weighted by Gasteiger charge is -2.35. The Bertz CT molecular complexity index is 555. The van der Waals surface area contributed by atoms with Crippen molar-refractivity contribution in [2.75, 3.05) is 26.2 Å². The Labute approximate surface area is 137 Å². The lowest BCUT2D eigenvalue weighted by Crippen LogP contribution is -2.52. The van der Waals surface area contributed by atoms with E-state index in [1.807, 2.05) is 39.8 Å². The molecule has 0 unspecified atom stereocenters. The van der Waals surface area contributed by atoms with Gasteiger partial charge in [0, 0.05) is 38.1 Å². The van der Waals surface area contributed by atoms with Crippen LogP contribution in [0.15, 0.2) is 18.3 Å². The molecule has 0 aromatic carbocycles. The summed E-state index contributed by atoms with van der Waals surface area (Å²) in [6.45, 7) is 9.55. The smallest absolute Gasteiger partial charge is 0.410 e. The first-order chi connectivity index (χ1) is 10.7. The van der Waals surface area contributed by atoms with E-state index in [4.69, 9.17) is 4.74 Å². The van der Waals surface area contributed by atoms with E-state index in [-0.39, 0.29) is 12.0 Å². The van der Waals surface area contributed by atoms with Crippen molar-refractivity contribution in [3.8, 4) is 0 Å². The minimum Gasteiger partial charge on any atom is -0.444 e. The Kier molecular flexibility index (Phi) is 5.23. The number of amides is 2. The molecule has 0 saturated carbocycles. The molecule has 0 radical (unpaired) electrons. The highest BCUT2D eigenvalue weighted by Gasteiger charge is 2.27. The molecule has 1 aliphatic rings. The zero-order valence-electron chi connectivity index (χ0n) is 14.3. The number of hydrogen-bond donors (Lipinski definition) is 0. The van der Waals surface area contributed by atoms with Crippen LogP contribution in [0, 0.1) is 6.92 Å². The minimum absolute atomic E-state index is 0.0690. The molecule has 2 amide bonds. The summed E-state index contributed by atoms with van der Waals surface area (Å²) in [5.74, 6) is 0.0690. The second-order valence-corrected chi connectivity index (χ2v) is 6.83. The van der Waals surface area contributed by atoms with Crippen molar-refractivity contribution in [1.29, 1.82) is 0 Å². The van der Waals surface area contributed by atoms with E-state index < -0.39 is 5.60 Å². The highest BCUT2D eigenvalue weighted by molar-refractivity contribution is 5.79. The number of carbonyl (C=O) groups excluding carboxylic acids is 2. The maximum Gasteiger partial charge on any atom is 0.410 e. The summed E-state index contributed by atoms with van der Waals surface area (Å²) in [6.07, 6.45) is 1.77. The fourth-order valence-electron chi connectivity index (χ4n) is 2.35. The Balaban J connectivity index is 1.83. The van der Waals surface area contributed by atoms with Crippen LogP contribution in [-0.2, 0) is 16.0 Å². The fraction of sp³-hybridized carbons (Fsp3) is 0.588. The summed E-state index contributed by atoms with van der Waals surface area (Å²) in [4.78, 5) is 32.0. The van der Waals surface area contributed by atoms with Gasteiger partial charge in [0.15, 0.2) is 0 Å². The van der Waals surface area contributed by atoms with Gasteiger partial charge >= 0.3 is 6.09 Å². The number of aromatic nitrogens is 1. The Morgan fingerprint density at radius 3 is 2.26 bits per heavy atom. The highest BCUT2D eigenvalue weighted by atomic mass is 16.6. The predicted octanol–water partition coefficient (Wildman–Crippen LogP) is 2.01. The number of pyridine rings is 1.